The lowest BCUT2D eigenvalue weighted by atomic mass is 9.88. The molecule has 0 aliphatic heterocycles. The molecule has 0 unspecified atom stereocenters. The zero-order valence-corrected chi connectivity index (χ0v) is 33.7. The Labute approximate surface area is 357 Å². The molecule has 0 saturated carbocycles. The van der Waals surface area contributed by atoms with E-state index in [1.54, 1.807) is 0 Å². The second-order valence-electron chi connectivity index (χ2n) is 16.4. The minimum atomic E-state index is 0.950. The van der Waals surface area contributed by atoms with Gasteiger partial charge in [-0.25, -0.2) is 0 Å². The molecule has 1 nitrogen and oxygen atoms in total. The van der Waals surface area contributed by atoms with E-state index in [9.17, 15) is 0 Å². The highest BCUT2D eigenvalue weighted by atomic mass is 15.1. The maximum Gasteiger partial charge on any atom is 0.0540 e. The van der Waals surface area contributed by atoms with Crippen molar-refractivity contribution in [2.24, 2.45) is 0 Å². The van der Waals surface area contributed by atoms with E-state index in [4.69, 9.17) is 0 Å². The van der Waals surface area contributed by atoms with Crippen LogP contribution in [0.1, 0.15) is 22.3 Å². The molecule has 0 N–H and O–H groups in total. The summed E-state index contributed by atoms with van der Waals surface area (Å²) < 4.78 is 0. The Morgan fingerprint density at radius 2 is 0.721 bits per heavy atom. The number of anilines is 3. The Balaban J connectivity index is 0.965. The monoisotopic (exact) mass is 775 g/mol. The van der Waals surface area contributed by atoms with E-state index < -0.39 is 0 Å². The van der Waals surface area contributed by atoms with Crippen molar-refractivity contribution in [3.63, 3.8) is 0 Å². The minimum Gasteiger partial charge on any atom is -0.310 e. The molecule has 1 heteroatoms. The quantitative estimate of drug-likeness (QED) is 0.156. The fourth-order valence-electron chi connectivity index (χ4n) is 10.0. The number of hydrogen-bond acceptors (Lipinski definition) is 1. The van der Waals surface area contributed by atoms with Gasteiger partial charge < -0.3 is 4.90 Å². The summed E-state index contributed by atoms with van der Waals surface area (Å²) in [6.45, 7) is 0. The van der Waals surface area contributed by atoms with Gasteiger partial charge in [-0.15, -0.1) is 0 Å². The van der Waals surface area contributed by atoms with Crippen molar-refractivity contribution >= 4 is 27.8 Å². The second kappa shape index (κ2) is 14.5. The minimum absolute atomic E-state index is 0.950. The van der Waals surface area contributed by atoms with Crippen molar-refractivity contribution in [2.45, 2.75) is 12.8 Å². The van der Waals surface area contributed by atoms with E-state index >= 15 is 0 Å². The van der Waals surface area contributed by atoms with Crippen molar-refractivity contribution in [3.05, 3.63) is 247 Å². The zero-order valence-electron chi connectivity index (χ0n) is 33.7. The Morgan fingerprint density at radius 3 is 1.39 bits per heavy atom. The largest absolute Gasteiger partial charge is 0.310 e. The van der Waals surface area contributed by atoms with Gasteiger partial charge in [-0.1, -0.05) is 188 Å². The van der Waals surface area contributed by atoms with Crippen LogP contribution in [-0.4, -0.2) is 0 Å². The van der Waals surface area contributed by atoms with Gasteiger partial charge in [0.2, 0.25) is 0 Å². The highest BCUT2D eigenvalue weighted by Gasteiger charge is 2.30. The maximum absolute atomic E-state index is 2.48. The van der Waals surface area contributed by atoms with Gasteiger partial charge in [0.05, 0.1) is 5.69 Å². The zero-order chi connectivity index (χ0) is 40.3. The molecular weight excluding hydrogens is 735 g/mol. The fraction of sp³-hybridized carbons (Fsp3) is 0.0333. The highest BCUT2D eigenvalue weighted by Crippen LogP contribution is 2.52. The van der Waals surface area contributed by atoms with Crippen LogP contribution < -0.4 is 4.90 Å². The Hall–Kier alpha value is -7.74. The van der Waals surface area contributed by atoms with E-state index in [2.05, 4.69) is 229 Å². The molecular formula is C60H41N. The van der Waals surface area contributed by atoms with Crippen LogP contribution in [0.2, 0.25) is 0 Å². The number of benzene rings is 10. The normalized spacial score (nSPS) is 12.1. The van der Waals surface area contributed by atoms with Crippen molar-refractivity contribution in [1.82, 2.24) is 0 Å². The average Bonchev–Trinajstić information content (AvgIpc) is 3.91. The van der Waals surface area contributed by atoms with Crippen LogP contribution in [0.3, 0.4) is 0 Å². The highest BCUT2D eigenvalue weighted by molar-refractivity contribution is 6.11. The topological polar surface area (TPSA) is 3.24 Å². The standard InChI is InChI=1S/C60H41N/c1-3-13-40(14-4-1)42-23-25-44(26-24-42)52-18-11-12-22-57(52)61(50-33-29-43(30-34-50)41-15-5-2-6-16-41)51-35-31-45(32-36-51)56-39-49-38-48-28-27-47-37-46-17-7-8-19-53(46)58(47)60(48)59(49)55-21-10-9-20-54(55)56/h1-36,39H,37-38H2. The fourth-order valence-corrected chi connectivity index (χ4v) is 10.0. The van der Waals surface area contributed by atoms with Gasteiger partial charge >= 0.3 is 0 Å². The Morgan fingerprint density at radius 1 is 0.262 bits per heavy atom. The molecule has 286 valence electrons. The van der Waals surface area contributed by atoms with Gasteiger partial charge in [0, 0.05) is 16.9 Å². The first-order valence-corrected chi connectivity index (χ1v) is 21.3. The van der Waals surface area contributed by atoms with Crippen LogP contribution in [0.4, 0.5) is 17.1 Å². The number of rotatable bonds is 7. The molecule has 0 heterocycles. The summed E-state index contributed by atoms with van der Waals surface area (Å²) in [5, 5.41) is 2.63. The predicted molar refractivity (Wildman–Crippen MR) is 257 cm³/mol. The molecule has 61 heavy (non-hydrogen) atoms. The molecule has 0 radical (unpaired) electrons. The Kier molecular flexibility index (Phi) is 8.38. The molecule has 10 aromatic carbocycles. The number of nitrogens with zero attached hydrogens (tertiary/aromatic N) is 1. The molecule has 0 aromatic heterocycles. The molecule has 0 fully saturated rings. The summed E-state index contributed by atoms with van der Waals surface area (Å²) in [6, 6.07) is 82.5. The van der Waals surface area contributed by atoms with Crippen LogP contribution in [-0.2, 0) is 12.8 Å². The first-order valence-electron chi connectivity index (χ1n) is 21.3. The summed E-state index contributed by atoms with van der Waals surface area (Å²) in [5.41, 5.74) is 24.5. The van der Waals surface area contributed by atoms with Gasteiger partial charge in [-0.3, -0.25) is 0 Å². The van der Waals surface area contributed by atoms with E-state index in [1.807, 2.05) is 0 Å². The number of hydrogen-bond donors (Lipinski definition) is 0. The molecule has 2 aliphatic carbocycles. The lowest BCUT2D eigenvalue weighted by molar-refractivity contribution is 1.23. The molecule has 0 atom stereocenters. The summed E-state index contributed by atoms with van der Waals surface area (Å²) in [4.78, 5) is 2.41. The van der Waals surface area contributed by atoms with Crippen LogP contribution >= 0.6 is 0 Å². The predicted octanol–water partition coefficient (Wildman–Crippen LogP) is 16.1. The lowest BCUT2D eigenvalue weighted by Gasteiger charge is -2.28. The smallest absolute Gasteiger partial charge is 0.0540 e. The molecule has 0 bridgehead atoms. The van der Waals surface area contributed by atoms with Crippen LogP contribution in [0.15, 0.2) is 224 Å². The lowest BCUT2D eigenvalue weighted by Crippen LogP contribution is -2.11. The Bertz CT molecular complexity index is 3250. The van der Waals surface area contributed by atoms with E-state index in [0.29, 0.717) is 0 Å². The van der Waals surface area contributed by atoms with Gasteiger partial charge in [0.25, 0.3) is 0 Å². The van der Waals surface area contributed by atoms with Crippen LogP contribution in [0.25, 0.3) is 77.5 Å². The molecule has 10 aromatic rings. The maximum atomic E-state index is 2.48. The van der Waals surface area contributed by atoms with Gasteiger partial charge in [-0.2, -0.15) is 0 Å². The van der Waals surface area contributed by atoms with Gasteiger partial charge in [0.1, 0.15) is 0 Å². The van der Waals surface area contributed by atoms with E-state index in [0.717, 1.165) is 29.9 Å². The molecule has 2 aliphatic rings. The molecule has 12 rings (SSSR count). The summed E-state index contributed by atoms with van der Waals surface area (Å²) in [7, 11) is 0. The van der Waals surface area contributed by atoms with Crippen molar-refractivity contribution in [3.8, 4) is 66.8 Å². The summed E-state index contributed by atoms with van der Waals surface area (Å²) in [5.74, 6) is 0. The third-order valence-corrected chi connectivity index (χ3v) is 12.9. The van der Waals surface area contributed by atoms with Crippen molar-refractivity contribution in [2.75, 3.05) is 4.90 Å². The SMILES string of the molecule is c1ccc(-c2ccc(-c3ccccc3N(c3ccc(-c4ccccc4)cc3)c3ccc(-c4cc5c(c6ccccc46)-c4c(ccc6c4-c4ccccc4C6)C5)cc3)cc2)cc1. The average molecular weight is 776 g/mol. The molecule has 0 amide bonds. The number of fused-ring (bicyclic) bond motifs is 9. The van der Waals surface area contributed by atoms with Gasteiger partial charge in [0.15, 0.2) is 0 Å². The molecule has 0 spiro atoms. The summed E-state index contributed by atoms with van der Waals surface area (Å²) in [6.07, 6.45) is 1.96. The van der Waals surface area contributed by atoms with Crippen LogP contribution in [0, 0.1) is 0 Å². The first-order chi connectivity index (χ1) is 30.2. The first kappa shape index (κ1) is 35.2. The number of para-hydroxylation sites is 1. The van der Waals surface area contributed by atoms with E-state index in [-0.39, 0.29) is 0 Å². The van der Waals surface area contributed by atoms with Gasteiger partial charge in [-0.05, 0) is 143 Å². The van der Waals surface area contributed by atoms with E-state index in [1.165, 1.54) is 99.8 Å². The summed E-state index contributed by atoms with van der Waals surface area (Å²) >= 11 is 0. The molecule has 0 saturated heterocycles. The van der Waals surface area contributed by atoms with Crippen molar-refractivity contribution in [1.29, 1.82) is 0 Å². The third kappa shape index (κ3) is 6.01. The van der Waals surface area contributed by atoms with Crippen LogP contribution in [0.5, 0.6) is 0 Å². The van der Waals surface area contributed by atoms with Crippen molar-refractivity contribution < 1.29 is 0 Å². The second-order valence-corrected chi connectivity index (χ2v) is 16.4. The third-order valence-electron chi connectivity index (χ3n) is 12.9.